The van der Waals surface area contributed by atoms with Crippen molar-refractivity contribution >= 4 is 34.3 Å². The number of nitrogens with zero attached hydrogens (tertiary/aromatic N) is 2. The topological polar surface area (TPSA) is 94.2 Å². The fraction of sp³-hybridized carbons (Fsp3) is 0.448. The van der Waals surface area contributed by atoms with Crippen LogP contribution in [0.25, 0.3) is 0 Å². The number of rotatable bonds is 9. The molecular formula is C29H39N5O2S. The molecule has 0 aliphatic carbocycles. The van der Waals surface area contributed by atoms with Gasteiger partial charge in [-0.25, -0.2) is 4.98 Å². The average Bonchev–Trinajstić information content (AvgIpc) is 2.87. The minimum Gasteiger partial charge on any atom is -0.611 e. The van der Waals surface area contributed by atoms with Gasteiger partial charge in [-0.3, -0.25) is 0 Å². The van der Waals surface area contributed by atoms with Crippen molar-refractivity contribution in [2.75, 3.05) is 23.7 Å². The van der Waals surface area contributed by atoms with Gasteiger partial charge in [0.25, 0.3) is 0 Å². The van der Waals surface area contributed by atoms with Crippen molar-refractivity contribution in [3.63, 3.8) is 0 Å². The lowest BCUT2D eigenvalue weighted by Gasteiger charge is -2.26. The first-order valence-electron chi connectivity index (χ1n) is 13.1. The van der Waals surface area contributed by atoms with Gasteiger partial charge in [-0.2, -0.15) is 4.98 Å². The second kappa shape index (κ2) is 12.2. The maximum Gasteiger partial charge on any atom is 0.229 e. The Labute approximate surface area is 224 Å². The Morgan fingerprint density at radius 2 is 1.73 bits per heavy atom. The van der Waals surface area contributed by atoms with Crippen LogP contribution in [-0.4, -0.2) is 39.0 Å². The highest BCUT2D eigenvalue weighted by molar-refractivity contribution is 7.92. The molecule has 8 heteroatoms. The summed E-state index contributed by atoms with van der Waals surface area (Å²) in [5.74, 6) is 2.48. The second-order valence-corrected chi connectivity index (χ2v) is 12.2. The third-order valence-corrected chi connectivity index (χ3v) is 8.16. The van der Waals surface area contributed by atoms with Crippen LogP contribution in [0, 0.1) is 13.8 Å². The number of piperidine rings is 1. The fourth-order valence-electron chi connectivity index (χ4n) is 4.60. The van der Waals surface area contributed by atoms with E-state index >= 15 is 0 Å². The summed E-state index contributed by atoms with van der Waals surface area (Å²) in [6, 6.07) is 12.0. The predicted octanol–water partition coefficient (Wildman–Crippen LogP) is 6.35. The Morgan fingerprint density at radius 1 is 1.00 bits per heavy atom. The van der Waals surface area contributed by atoms with Crippen molar-refractivity contribution in [1.82, 2.24) is 15.3 Å². The quantitative estimate of drug-likeness (QED) is 0.282. The number of nitrogens with one attached hydrogen (secondary N) is 3. The zero-order valence-electron chi connectivity index (χ0n) is 22.7. The number of aromatic nitrogens is 2. The first-order chi connectivity index (χ1) is 17.7. The Bertz CT molecular complexity index is 1210. The molecule has 1 unspecified atom stereocenters. The Kier molecular flexibility index (Phi) is 8.95. The van der Waals surface area contributed by atoms with E-state index in [0.29, 0.717) is 17.7 Å². The van der Waals surface area contributed by atoms with Gasteiger partial charge in [0.1, 0.15) is 16.8 Å². The molecule has 1 aliphatic rings. The smallest absolute Gasteiger partial charge is 0.229 e. The zero-order chi connectivity index (χ0) is 26.5. The lowest BCUT2D eigenvalue weighted by Crippen LogP contribution is -2.27. The van der Waals surface area contributed by atoms with Crippen LogP contribution < -0.4 is 20.7 Å². The van der Waals surface area contributed by atoms with Crippen LogP contribution in [0.15, 0.2) is 47.5 Å². The van der Waals surface area contributed by atoms with Crippen molar-refractivity contribution in [1.29, 1.82) is 0 Å². The molecule has 3 aromatic rings. The molecule has 2 aromatic carbocycles. The SMILES string of the molecule is Cc1cc(Nc2ncc(C)c(Nc3ccccc3[S+]([O-])C(C)C)n2)c(OC(C)C)cc1C1CCNCC1. The second-order valence-electron chi connectivity index (χ2n) is 10.2. The van der Waals surface area contributed by atoms with Crippen molar-refractivity contribution in [3.05, 3.63) is 59.3 Å². The Hall–Kier alpha value is -2.81. The van der Waals surface area contributed by atoms with E-state index < -0.39 is 11.2 Å². The maximum atomic E-state index is 12.9. The molecule has 198 valence electrons. The summed E-state index contributed by atoms with van der Waals surface area (Å²) in [6.07, 6.45) is 4.10. The normalized spacial score (nSPS) is 15.2. The van der Waals surface area contributed by atoms with E-state index in [-0.39, 0.29) is 11.4 Å². The van der Waals surface area contributed by atoms with E-state index in [9.17, 15) is 4.55 Å². The molecule has 1 atom stereocenters. The molecule has 3 N–H and O–H groups in total. The molecule has 0 amide bonds. The van der Waals surface area contributed by atoms with Crippen molar-refractivity contribution in [2.45, 2.75) is 76.6 Å². The van der Waals surface area contributed by atoms with Crippen LogP contribution in [0.2, 0.25) is 0 Å². The van der Waals surface area contributed by atoms with Crippen molar-refractivity contribution in [2.24, 2.45) is 0 Å². The highest BCUT2D eigenvalue weighted by Gasteiger charge is 2.22. The summed E-state index contributed by atoms with van der Waals surface area (Å²) >= 11 is -1.12. The number of hydrogen-bond acceptors (Lipinski definition) is 7. The molecule has 0 spiro atoms. The number of ether oxygens (including phenoxy) is 1. The number of hydrogen-bond donors (Lipinski definition) is 3. The van der Waals surface area contributed by atoms with Gasteiger partial charge in [0, 0.05) is 11.8 Å². The lowest BCUT2D eigenvalue weighted by molar-refractivity contribution is 0.243. The molecule has 7 nitrogen and oxygen atoms in total. The van der Waals surface area contributed by atoms with Crippen LogP contribution in [0.1, 0.15) is 63.1 Å². The van der Waals surface area contributed by atoms with Crippen LogP contribution in [0.3, 0.4) is 0 Å². The fourth-order valence-corrected chi connectivity index (χ4v) is 5.66. The first-order valence-corrected chi connectivity index (χ1v) is 14.3. The number of para-hydroxylation sites is 1. The molecule has 0 saturated carbocycles. The third-order valence-electron chi connectivity index (χ3n) is 6.51. The Morgan fingerprint density at radius 3 is 2.43 bits per heavy atom. The van der Waals surface area contributed by atoms with Crippen LogP contribution >= 0.6 is 0 Å². The predicted molar refractivity (Wildman–Crippen MR) is 153 cm³/mol. The number of benzene rings is 2. The summed E-state index contributed by atoms with van der Waals surface area (Å²) in [5, 5.41) is 10.3. The van der Waals surface area contributed by atoms with Crippen molar-refractivity contribution < 1.29 is 9.29 Å². The van der Waals surface area contributed by atoms with Gasteiger partial charge < -0.3 is 25.2 Å². The maximum absolute atomic E-state index is 12.9. The van der Waals surface area contributed by atoms with Gasteiger partial charge in [0.05, 0.1) is 17.5 Å². The minimum atomic E-state index is -1.12. The molecule has 4 rings (SSSR count). The first kappa shape index (κ1) is 27.2. The summed E-state index contributed by atoms with van der Waals surface area (Å²) in [6.45, 7) is 14.2. The van der Waals surface area contributed by atoms with Gasteiger partial charge in [-0.15, -0.1) is 0 Å². The van der Waals surface area contributed by atoms with E-state index in [0.717, 1.165) is 53.5 Å². The van der Waals surface area contributed by atoms with Crippen LogP contribution in [0.5, 0.6) is 5.75 Å². The summed E-state index contributed by atoms with van der Waals surface area (Å²) in [7, 11) is 0. The van der Waals surface area contributed by atoms with E-state index in [1.165, 1.54) is 11.1 Å². The molecule has 2 heterocycles. The average molecular weight is 522 g/mol. The zero-order valence-corrected chi connectivity index (χ0v) is 23.5. The van der Waals surface area contributed by atoms with Crippen molar-refractivity contribution in [3.8, 4) is 5.75 Å². The highest BCUT2D eigenvalue weighted by atomic mass is 32.2. The van der Waals surface area contributed by atoms with E-state index in [4.69, 9.17) is 9.72 Å². The molecule has 1 aliphatic heterocycles. The summed E-state index contributed by atoms with van der Waals surface area (Å²) in [5.41, 5.74) is 5.12. The molecule has 0 bridgehead atoms. The largest absolute Gasteiger partial charge is 0.611 e. The van der Waals surface area contributed by atoms with E-state index in [1.54, 1.807) is 6.20 Å². The van der Waals surface area contributed by atoms with Gasteiger partial charge >= 0.3 is 0 Å². The summed E-state index contributed by atoms with van der Waals surface area (Å²) < 4.78 is 19.1. The van der Waals surface area contributed by atoms with Gasteiger partial charge in [-0.1, -0.05) is 12.1 Å². The lowest BCUT2D eigenvalue weighted by atomic mass is 9.87. The van der Waals surface area contributed by atoms with Gasteiger partial charge in [-0.05, 0) is 120 Å². The Balaban J connectivity index is 1.63. The minimum absolute atomic E-state index is 0.0159. The molecule has 1 aromatic heterocycles. The standard InChI is InChI=1S/C29H39N5O2S/c1-18(2)36-26-16-23(22-11-13-30-14-12-22)20(5)15-25(26)33-29-31-17-21(6)28(34-29)32-24-9-7-8-10-27(24)37(35)19(3)4/h7-10,15-19,22,30H,11-14H2,1-6H3,(H2,31,32,33,34). The molecule has 1 fully saturated rings. The third kappa shape index (κ3) is 6.74. The van der Waals surface area contributed by atoms with Crippen LogP contribution in [-0.2, 0) is 11.2 Å². The number of aryl methyl sites for hydroxylation is 2. The number of anilines is 4. The molecule has 37 heavy (non-hydrogen) atoms. The monoisotopic (exact) mass is 521 g/mol. The molecule has 1 saturated heterocycles. The summed E-state index contributed by atoms with van der Waals surface area (Å²) in [4.78, 5) is 10.1. The highest BCUT2D eigenvalue weighted by Crippen LogP contribution is 2.37. The van der Waals surface area contributed by atoms with Gasteiger partial charge in [0.2, 0.25) is 5.95 Å². The van der Waals surface area contributed by atoms with Crippen LogP contribution in [0.4, 0.5) is 23.1 Å². The molecular weight excluding hydrogens is 482 g/mol. The van der Waals surface area contributed by atoms with E-state index in [2.05, 4.69) is 40.0 Å². The van der Waals surface area contributed by atoms with E-state index in [1.807, 2.05) is 58.9 Å². The van der Waals surface area contributed by atoms with Gasteiger partial charge in [0.15, 0.2) is 4.90 Å². The molecule has 0 radical (unpaired) electrons.